The average Bonchev–Trinajstić information content (AvgIpc) is 3.19. The SMILES string of the molecule is CC1CN(S(=O)(=O)c2cccc(C(=O)NC(Cn3ccnc3)C(C)(C)C)c2)CC(C)O1. The van der Waals surface area contributed by atoms with Crippen molar-refractivity contribution < 1.29 is 17.9 Å². The van der Waals surface area contributed by atoms with Gasteiger partial charge in [0.15, 0.2) is 0 Å². The van der Waals surface area contributed by atoms with E-state index >= 15 is 0 Å². The van der Waals surface area contributed by atoms with E-state index in [1.165, 1.54) is 16.4 Å². The third kappa shape index (κ3) is 5.72. The quantitative estimate of drug-likeness (QED) is 0.733. The zero-order chi connectivity index (χ0) is 22.8. The Labute approximate surface area is 184 Å². The normalized spacial score (nSPS) is 21.6. The number of morpholine rings is 1. The van der Waals surface area contributed by atoms with Crippen LogP contribution in [0.4, 0.5) is 0 Å². The van der Waals surface area contributed by atoms with Crippen LogP contribution in [0.3, 0.4) is 0 Å². The number of aromatic nitrogens is 2. The monoisotopic (exact) mass is 448 g/mol. The summed E-state index contributed by atoms with van der Waals surface area (Å²) in [6.45, 7) is 11.0. The average molecular weight is 449 g/mol. The molecule has 8 nitrogen and oxygen atoms in total. The maximum absolute atomic E-state index is 13.2. The molecule has 0 saturated carbocycles. The van der Waals surface area contributed by atoms with Crippen LogP contribution in [0.15, 0.2) is 47.9 Å². The molecule has 1 N–H and O–H groups in total. The molecule has 0 radical (unpaired) electrons. The first-order valence-corrected chi connectivity index (χ1v) is 11.9. The van der Waals surface area contributed by atoms with Gasteiger partial charge in [-0.15, -0.1) is 0 Å². The van der Waals surface area contributed by atoms with Crippen LogP contribution < -0.4 is 5.32 Å². The van der Waals surface area contributed by atoms with E-state index in [0.717, 1.165) is 0 Å². The Kier molecular flexibility index (Phi) is 6.88. The molecule has 3 rings (SSSR count). The van der Waals surface area contributed by atoms with Crippen LogP contribution >= 0.6 is 0 Å². The Hall–Kier alpha value is -2.23. The number of imidazole rings is 1. The van der Waals surface area contributed by atoms with Crippen molar-refractivity contribution >= 4 is 15.9 Å². The summed E-state index contributed by atoms with van der Waals surface area (Å²) < 4.78 is 35.3. The molecule has 0 spiro atoms. The van der Waals surface area contributed by atoms with Crippen molar-refractivity contribution in [2.75, 3.05) is 13.1 Å². The van der Waals surface area contributed by atoms with Gasteiger partial charge >= 0.3 is 0 Å². The van der Waals surface area contributed by atoms with E-state index in [1.54, 1.807) is 24.7 Å². The van der Waals surface area contributed by atoms with Gasteiger partial charge < -0.3 is 14.6 Å². The lowest BCUT2D eigenvalue weighted by molar-refractivity contribution is -0.0440. The van der Waals surface area contributed by atoms with E-state index in [1.807, 2.05) is 24.6 Å². The second-order valence-electron chi connectivity index (χ2n) is 9.26. The van der Waals surface area contributed by atoms with Crippen molar-refractivity contribution in [2.45, 2.75) is 64.3 Å². The molecule has 0 aliphatic carbocycles. The highest BCUT2D eigenvalue weighted by molar-refractivity contribution is 7.89. The Morgan fingerprint density at radius 2 is 1.94 bits per heavy atom. The highest BCUT2D eigenvalue weighted by Gasteiger charge is 2.33. The standard InChI is InChI=1S/C22H32N4O4S/c1-16-12-26(13-17(2)30-16)31(28,29)19-8-6-7-18(11-19)21(27)24-20(22(3,4)5)14-25-10-9-23-15-25/h6-11,15-17,20H,12-14H2,1-5H3,(H,24,27). The van der Waals surface area contributed by atoms with Crippen LogP contribution in [0.2, 0.25) is 0 Å². The minimum absolute atomic E-state index is 0.114. The van der Waals surface area contributed by atoms with Gasteiger partial charge in [0, 0.05) is 37.6 Å². The lowest BCUT2D eigenvalue weighted by Crippen LogP contribution is -2.48. The minimum Gasteiger partial charge on any atom is -0.373 e. The van der Waals surface area contributed by atoms with E-state index in [0.29, 0.717) is 25.2 Å². The third-order valence-corrected chi connectivity index (χ3v) is 7.25. The van der Waals surface area contributed by atoms with Crippen LogP contribution in [0, 0.1) is 5.41 Å². The third-order valence-electron chi connectivity index (χ3n) is 5.42. The fraction of sp³-hybridized carbons (Fsp3) is 0.545. The van der Waals surface area contributed by atoms with Gasteiger partial charge in [0.05, 0.1) is 29.5 Å². The molecule has 1 amide bonds. The number of carbonyl (C=O) groups is 1. The predicted octanol–water partition coefficient (Wildman–Crippen LogP) is 2.53. The van der Waals surface area contributed by atoms with Gasteiger partial charge in [-0.2, -0.15) is 4.31 Å². The van der Waals surface area contributed by atoms with E-state index < -0.39 is 10.0 Å². The first-order valence-electron chi connectivity index (χ1n) is 10.5. The minimum atomic E-state index is -3.72. The number of nitrogens with one attached hydrogen (secondary N) is 1. The van der Waals surface area contributed by atoms with Crippen molar-refractivity contribution in [3.8, 4) is 0 Å². The van der Waals surface area contributed by atoms with Gasteiger partial charge in [0.25, 0.3) is 5.91 Å². The topological polar surface area (TPSA) is 93.5 Å². The van der Waals surface area contributed by atoms with Crippen LogP contribution in [-0.4, -0.2) is 59.5 Å². The Bertz CT molecular complexity index is 989. The molecule has 3 atom stereocenters. The molecule has 2 heterocycles. The second kappa shape index (κ2) is 9.10. The molecule has 3 unspecified atom stereocenters. The Morgan fingerprint density at radius 1 is 1.26 bits per heavy atom. The van der Waals surface area contributed by atoms with Gasteiger partial charge in [-0.25, -0.2) is 13.4 Å². The predicted molar refractivity (Wildman–Crippen MR) is 118 cm³/mol. The number of carbonyl (C=O) groups excluding carboxylic acids is 1. The number of nitrogens with zero attached hydrogens (tertiary/aromatic N) is 3. The maximum Gasteiger partial charge on any atom is 0.251 e. The van der Waals surface area contributed by atoms with E-state index in [2.05, 4.69) is 31.1 Å². The van der Waals surface area contributed by atoms with Crippen molar-refractivity contribution in [3.05, 3.63) is 48.5 Å². The summed E-state index contributed by atoms with van der Waals surface area (Å²) >= 11 is 0. The van der Waals surface area contributed by atoms with Gasteiger partial charge in [-0.05, 0) is 37.5 Å². The molecule has 2 aromatic rings. The van der Waals surface area contributed by atoms with Crippen molar-refractivity contribution in [2.24, 2.45) is 5.41 Å². The van der Waals surface area contributed by atoms with Gasteiger partial charge in [0.1, 0.15) is 0 Å². The number of amides is 1. The Balaban J connectivity index is 1.80. The highest BCUT2D eigenvalue weighted by Crippen LogP contribution is 2.24. The molecular weight excluding hydrogens is 416 g/mol. The van der Waals surface area contributed by atoms with Gasteiger partial charge in [0.2, 0.25) is 10.0 Å². The molecule has 1 aliphatic heterocycles. The van der Waals surface area contributed by atoms with Crippen LogP contribution in [0.1, 0.15) is 45.0 Å². The molecule has 1 fully saturated rings. The molecule has 0 bridgehead atoms. The van der Waals surface area contributed by atoms with Crippen LogP contribution in [0.25, 0.3) is 0 Å². The first kappa shape index (κ1) is 23.4. The summed E-state index contributed by atoms with van der Waals surface area (Å²) in [7, 11) is -3.72. The number of sulfonamides is 1. The van der Waals surface area contributed by atoms with E-state index in [4.69, 9.17) is 4.74 Å². The van der Waals surface area contributed by atoms with Gasteiger partial charge in [-0.3, -0.25) is 4.79 Å². The Morgan fingerprint density at radius 3 is 2.52 bits per heavy atom. The summed E-state index contributed by atoms with van der Waals surface area (Å²) in [5.74, 6) is -0.305. The number of hydrogen-bond acceptors (Lipinski definition) is 5. The molecule has 1 aliphatic rings. The molecule has 1 aromatic heterocycles. The summed E-state index contributed by atoms with van der Waals surface area (Å²) in [6, 6.07) is 6.05. The molecule has 1 saturated heterocycles. The van der Waals surface area contributed by atoms with E-state index in [9.17, 15) is 13.2 Å². The molecule has 9 heteroatoms. The molecule has 1 aromatic carbocycles. The maximum atomic E-state index is 13.2. The summed E-state index contributed by atoms with van der Waals surface area (Å²) in [5, 5.41) is 3.07. The number of ether oxygens (including phenoxy) is 1. The van der Waals surface area contributed by atoms with E-state index in [-0.39, 0.29) is 34.5 Å². The van der Waals surface area contributed by atoms with Crippen molar-refractivity contribution in [3.63, 3.8) is 0 Å². The highest BCUT2D eigenvalue weighted by atomic mass is 32.2. The lowest BCUT2D eigenvalue weighted by Gasteiger charge is -2.34. The lowest BCUT2D eigenvalue weighted by atomic mass is 9.86. The van der Waals surface area contributed by atoms with Crippen LogP contribution in [0.5, 0.6) is 0 Å². The first-order chi connectivity index (χ1) is 14.5. The largest absolute Gasteiger partial charge is 0.373 e. The number of hydrogen-bond donors (Lipinski definition) is 1. The summed E-state index contributed by atoms with van der Waals surface area (Å²) in [6.07, 6.45) is 4.90. The summed E-state index contributed by atoms with van der Waals surface area (Å²) in [4.78, 5) is 17.2. The molecular formula is C22H32N4O4S. The summed E-state index contributed by atoms with van der Waals surface area (Å²) in [5.41, 5.74) is 0.110. The van der Waals surface area contributed by atoms with Gasteiger partial charge in [-0.1, -0.05) is 26.8 Å². The fourth-order valence-electron chi connectivity index (χ4n) is 3.66. The molecule has 31 heavy (non-hydrogen) atoms. The molecule has 170 valence electrons. The second-order valence-corrected chi connectivity index (χ2v) is 11.2. The smallest absolute Gasteiger partial charge is 0.251 e. The van der Waals surface area contributed by atoms with Crippen molar-refractivity contribution in [1.82, 2.24) is 19.2 Å². The zero-order valence-corrected chi connectivity index (χ0v) is 19.6. The number of benzene rings is 1. The number of rotatable bonds is 6. The van der Waals surface area contributed by atoms with Crippen molar-refractivity contribution in [1.29, 1.82) is 0 Å². The fourth-order valence-corrected chi connectivity index (χ4v) is 5.29. The van der Waals surface area contributed by atoms with Crippen LogP contribution in [-0.2, 0) is 21.3 Å². The zero-order valence-electron chi connectivity index (χ0n) is 18.8.